The maximum Gasteiger partial charge on any atom is 0.181 e. The first kappa shape index (κ1) is 11.2. The first-order chi connectivity index (χ1) is 7.61. The summed E-state index contributed by atoms with van der Waals surface area (Å²) in [5.74, 6) is 1.09. The van der Waals surface area contributed by atoms with Crippen LogP contribution < -0.4 is 0 Å². The molecule has 0 N–H and O–H groups in total. The van der Waals surface area contributed by atoms with E-state index in [9.17, 15) is 0 Å². The van der Waals surface area contributed by atoms with Crippen molar-refractivity contribution in [1.29, 1.82) is 0 Å². The van der Waals surface area contributed by atoms with E-state index in [0.717, 1.165) is 17.9 Å². The molecular formula is C11H13ClN4. The summed E-state index contributed by atoms with van der Waals surface area (Å²) >= 11 is 5.82. The third kappa shape index (κ3) is 1.97. The molecule has 0 aliphatic heterocycles. The van der Waals surface area contributed by atoms with Gasteiger partial charge in [0.15, 0.2) is 5.65 Å². The maximum atomic E-state index is 5.82. The van der Waals surface area contributed by atoms with E-state index in [2.05, 4.69) is 33.8 Å². The van der Waals surface area contributed by atoms with Crippen LogP contribution in [0.3, 0.4) is 0 Å². The van der Waals surface area contributed by atoms with Gasteiger partial charge in [0, 0.05) is 5.92 Å². The number of hydrogen-bond acceptors (Lipinski definition) is 4. The largest absolute Gasteiger partial charge is 0.235 e. The Kier molecular flexibility index (Phi) is 3.01. The average molecular weight is 237 g/mol. The number of nitrogens with zero attached hydrogens (tertiary/aromatic N) is 4. The first-order valence-corrected chi connectivity index (χ1v) is 5.68. The molecule has 0 radical (unpaired) electrons. The predicted octanol–water partition coefficient (Wildman–Crippen LogP) is 2.76. The van der Waals surface area contributed by atoms with Gasteiger partial charge in [0.05, 0.1) is 11.9 Å². The molecule has 0 saturated carbocycles. The zero-order chi connectivity index (χ0) is 11.7. The van der Waals surface area contributed by atoms with Gasteiger partial charge in [0.2, 0.25) is 0 Å². The average Bonchev–Trinajstić information content (AvgIpc) is 2.27. The molecule has 0 atom stereocenters. The van der Waals surface area contributed by atoms with Crippen molar-refractivity contribution in [2.24, 2.45) is 0 Å². The molecule has 4 nitrogen and oxygen atoms in total. The molecule has 2 aromatic rings. The second-order valence-corrected chi connectivity index (χ2v) is 4.29. The van der Waals surface area contributed by atoms with Crippen molar-refractivity contribution >= 4 is 22.8 Å². The second-order valence-electron chi connectivity index (χ2n) is 3.90. The highest BCUT2D eigenvalue weighted by atomic mass is 35.5. The molecule has 0 aliphatic rings. The molecule has 0 aliphatic carbocycles. The van der Waals surface area contributed by atoms with E-state index in [0.29, 0.717) is 16.3 Å². The molecule has 0 bridgehead atoms. The van der Waals surface area contributed by atoms with Crippen LogP contribution in [0.5, 0.6) is 0 Å². The number of fused-ring (bicyclic) bond motifs is 1. The molecule has 0 spiro atoms. The van der Waals surface area contributed by atoms with Gasteiger partial charge < -0.3 is 0 Å². The van der Waals surface area contributed by atoms with Crippen LogP contribution in [0.2, 0.25) is 5.15 Å². The van der Waals surface area contributed by atoms with Crippen LogP contribution >= 0.6 is 11.6 Å². The molecule has 2 aromatic heterocycles. The molecule has 0 unspecified atom stereocenters. The molecule has 2 heterocycles. The quantitative estimate of drug-likeness (QED) is 0.805. The number of rotatable bonds is 2. The van der Waals surface area contributed by atoms with Crippen LogP contribution in [-0.4, -0.2) is 19.9 Å². The summed E-state index contributed by atoms with van der Waals surface area (Å²) in [6, 6.07) is 0. The molecular weight excluding hydrogens is 224 g/mol. The van der Waals surface area contributed by atoms with Gasteiger partial charge in [-0.3, -0.25) is 0 Å². The topological polar surface area (TPSA) is 51.6 Å². The van der Waals surface area contributed by atoms with Crippen molar-refractivity contribution in [3.05, 3.63) is 22.9 Å². The molecule has 16 heavy (non-hydrogen) atoms. The van der Waals surface area contributed by atoms with Gasteiger partial charge in [-0.2, -0.15) is 0 Å². The lowest BCUT2D eigenvalue weighted by Gasteiger charge is -2.07. The van der Waals surface area contributed by atoms with E-state index in [1.807, 2.05) is 6.92 Å². The van der Waals surface area contributed by atoms with Crippen LogP contribution in [0.1, 0.15) is 38.2 Å². The van der Waals surface area contributed by atoms with E-state index >= 15 is 0 Å². The fourth-order valence-electron chi connectivity index (χ4n) is 1.47. The fraction of sp³-hybridized carbons (Fsp3) is 0.455. The summed E-state index contributed by atoms with van der Waals surface area (Å²) in [5.41, 5.74) is 2.24. The normalized spacial score (nSPS) is 11.3. The first-order valence-electron chi connectivity index (χ1n) is 5.31. The van der Waals surface area contributed by atoms with E-state index in [-0.39, 0.29) is 5.92 Å². The Bertz CT molecular complexity index is 525. The summed E-state index contributed by atoms with van der Waals surface area (Å²) in [6.07, 6.45) is 2.31. The van der Waals surface area contributed by atoms with Crippen molar-refractivity contribution in [2.75, 3.05) is 0 Å². The van der Waals surface area contributed by atoms with Crippen LogP contribution in [0.4, 0.5) is 0 Å². The lowest BCUT2D eigenvalue weighted by atomic mass is 10.2. The van der Waals surface area contributed by atoms with Gasteiger partial charge in [-0.15, -0.1) is 0 Å². The maximum absolute atomic E-state index is 5.82. The number of halogens is 1. The molecule has 0 amide bonds. The van der Waals surface area contributed by atoms with Crippen molar-refractivity contribution in [1.82, 2.24) is 19.9 Å². The van der Waals surface area contributed by atoms with Gasteiger partial charge in [0.25, 0.3) is 0 Å². The Morgan fingerprint density at radius 3 is 2.62 bits per heavy atom. The van der Waals surface area contributed by atoms with Crippen LogP contribution in [0, 0.1) is 0 Å². The van der Waals surface area contributed by atoms with Crippen LogP contribution in [0.25, 0.3) is 11.2 Å². The fourth-order valence-corrected chi connectivity index (χ4v) is 1.60. The smallest absolute Gasteiger partial charge is 0.181 e. The lowest BCUT2D eigenvalue weighted by Crippen LogP contribution is -2.04. The number of aromatic nitrogens is 4. The predicted molar refractivity (Wildman–Crippen MR) is 63.6 cm³/mol. The van der Waals surface area contributed by atoms with Crippen molar-refractivity contribution in [3.63, 3.8) is 0 Å². The zero-order valence-corrected chi connectivity index (χ0v) is 10.3. The summed E-state index contributed by atoms with van der Waals surface area (Å²) < 4.78 is 0. The Hall–Kier alpha value is -1.29. The van der Waals surface area contributed by atoms with Gasteiger partial charge in [-0.1, -0.05) is 32.4 Å². The zero-order valence-electron chi connectivity index (χ0n) is 9.53. The lowest BCUT2D eigenvalue weighted by molar-refractivity contribution is 0.765. The minimum Gasteiger partial charge on any atom is -0.235 e. The third-order valence-corrected chi connectivity index (χ3v) is 2.50. The van der Waals surface area contributed by atoms with Crippen molar-refractivity contribution in [3.8, 4) is 0 Å². The van der Waals surface area contributed by atoms with E-state index in [1.54, 1.807) is 0 Å². The Labute approximate surface area is 99.1 Å². The highest BCUT2D eigenvalue weighted by molar-refractivity contribution is 6.29. The monoisotopic (exact) mass is 236 g/mol. The standard InChI is InChI=1S/C11H13ClN4/c1-4-7-9-11(13-5-8(12)15-9)16-10(14-7)6(2)3/h5-6H,4H2,1-3H3. The Balaban J connectivity index is 2.73. The minimum atomic E-state index is 0.284. The minimum absolute atomic E-state index is 0.284. The van der Waals surface area contributed by atoms with Crippen LogP contribution in [-0.2, 0) is 6.42 Å². The summed E-state index contributed by atoms with van der Waals surface area (Å²) in [6.45, 7) is 6.16. The molecule has 0 saturated heterocycles. The van der Waals surface area contributed by atoms with E-state index in [1.165, 1.54) is 6.20 Å². The van der Waals surface area contributed by atoms with Gasteiger partial charge >= 0.3 is 0 Å². The van der Waals surface area contributed by atoms with Crippen LogP contribution in [0.15, 0.2) is 6.20 Å². The van der Waals surface area contributed by atoms with E-state index < -0.39 is 0 Å². The van der Waals surface area contributed by atoms with Gasteiger partial charge in [-0.05, 0) is 6.42 Å². The van der Waals surface area contributed by atoms with Crippen molar-refractivity contribution in [2.45, 2.75) is 33.1 Å². The van der Waals surface area contributed by atoms with Gasteiger partial charge in [0.1, 0.15) is 16.5 Å². The Morgan fingerprint density at radius 2 is 2.00 bits per heavy atom. The van der Waals surface area contributed by atoms with Crippen molar-refractivity contribution < 1.29 is 0 Å². The van der Waals surface area contributed by atoms with Gasteiger partial charge in [-0.25, -0.2) is 19.9 Å². The molecule has 0 aromatic carbocycles. The number of hydrogen-bond donors (Lipinski definition) is 0. The summed E-state index contributed by atoms with van der Waals surface area (Å²) in [4.78, 5) is 17.3. The third-order valence-electron chi connectivity index (χ3n) is 2.32. The Morgan fingerprint density at radius 1 is 1.25 bits per heavy atom. The van der Waals surface area contributed by atoms with E-state index in [4.69, 9.17) is 11.6 Å². The molecule has 84 valence electrons. The molecule has 2 rings (SSSR count). The summed E-state index contributed by atoms with van der Waals surface area (Å²) in [7, 11) is 0. The molecule has 0 fully saturated rings. The highest BCUT2D eigenvalue weighted by Crippen LogP contribution is 2.18. The summed E-state index contributed by atoms with van der Waals surface area (Å²) in [5, 5.41) is 0.378. The number of aryl methyl sites for hydroxylation is 1. The molecule has 5 heteroatoms. The SMILES string of the molecule is CCc1nc(C(C)C)nc2ncc(Cl)nc12. The highest BCUT2D eigenvalue weighted by Gasteiger charge is 2.11. The second kappa shape index (κ2) is 4.29.